The third kappa shape index (κ3) is 6.30. The minimum absolute atomic E-state index is 0.0686. The molecule has 0 saturated carbocycles. The van der Waals surface area contributed by atoms with Gasteiger partial charge >= 0.3 is 0 Å². The van der Waals surface area contributed by atoms with Gasteiger partial charge in [0.25, 0.3) is 10.0 Å². The van der Waals surface area contributed by atoms with Crippen LogP contribution in [0.15, 0.2) is 95.9 Å². The number of amides is 2. The molecule has 4 aromatic rings. The molecule has 0 bridgehead atoms. The van der Waals surface area contributed by atoms with E-state index in [0.717, 1.165) is 16.5 Å². The summed E-state index contributed by atoms with van der Waals surface area (Å²) in [6.07, 6.45) is 0.695. The van der Waals surface area contributed by atoms with Crippen molar-refractivity contribution in [1.82, 2.24) is 10.2 Å². The molecule has 1 aliphatic rings. The molecule has 1 N–H and O–H groups in total. The number of hydrogen-bond donors (Lipinski definition) is 1. The standard InChI is InChI=1S/C33H34ClN3O4S/c1-23(2)35-33(39)29(21-24-10-4-3-5-11-24)36(22-25-12-6-15-27(34)20-25)31(38)18-9-19-37-28-16-7-13-26-14-8-17-30(32(26)28)42(37,40)41/h3-8,10-17,20,23,29H,9,18-19,21-22H2,1-2H3,(H,35,39)/t29-/m1/s1. The number of carbonyl (C=O) groups is 2. The molecule has 0 spiro atoms. The summed E-state index contributed by atoms with van der Waals surface area (Å²) in [5, 5.41) is 5.09. The van der Waals surface area contributed by atoms with E-state index in [1.165, 1.54) is 4.31 Å². The van der Waals surface area contributed by atoms with Gasteiger partial charge in [-0.15, -0.1) is 0 Å². The van der Waals surface area contributed by atoms with Crippen LogP contribution < -0.4 is 9.62 Å². The van der Waals surface area contributed by atoms with Gasteiger partial charge in [0.1, 0.15) is 6.04 Å². The molecule has 0 radical (unpaired) electrons. The first-order valence-corrected chi connectivity index (χ1v) is 15.9. The minimum atomic E-state index is -3.72. The maximum atomic E-state index is 13.9. The summed E-state index contributed by atoms with van der Waals surface area (Å²) in [7, 11) is -3.72. The molecule has 5 rings (SSSR count). The Morgan fingerprint density at radius 2 is 1.60 bits per heavy atom. The Labute approximate surface area is 252 Å². The molecule has 4 aromatic carbocycles. The van der Waals surface area contributed by atoms with Crippen molar-refractivity contribution in [2.45, 2.75) is 56.6 Å². The van der Waals surface area contributed by atoms with E-state index in [4.69, 9.17) is 11.6 Å². The molecule has 1 atom stereocenters. The van der Waals surface area contributed by atoms with Crippen molar-refractivity contribution < 1.29 is 18.0 Å². The lowest BCUT2D eigenvalue weighted by Crippen LogP contribution is -2.51. The number of halogens is 1. The second-order valence-electron chi connectivity index (χ2n) is 10.8. The van der Waals surface area contributed by atoms with Gasteiger partial charge in [-0.05, 0) is 61.0 Å². The van der Waals surface area contributed by atoms with Gasteiger partial charge in [-0.2, -0.15) is 0 Å². The third-order valence-electron chi connectivity index (χ3n) is 7.38. The summed E-state index contributed by atoms with van der Waals surface area (Å²) in [5.74, 6) is -0.476. The van der Waals surface area contributed by atoms with Crippen molar-refractivity contribution in [3.63, 3.8) is 0 Å². The smallest absolute Gasteiger partial charge is 0.265 e. The lowest BCUT2D eigenvalue weighted by atomic mass is 10.0. The quantitative estimate of drug-likeness (QED) is 0.230. The van der Waals surface area contributed by atoms with Gasteiger partial charge in [0, 0.05) is 42.4 Å². The molecule has 2 amide bonds. The van der Waals surface area contributed by atoms with Crippen molar-refractivity contribution in [3.8, 4) is 0 Å². The molecular weight excluding hydrogens is 570 g/mol. The predicted molar refractivity (Wildman–Crippen MR) is 167 cm³/mol. The first-order chi connectivity index (χ1) is 20.1. The van der Waals surface area contributed by atoms with Crippen molar-refractivity contribution in [2.75, 3.05) is 10.8 Å². The number of anilines is 1. The number of nitrogens with one attached hydrogen (secondary N) is 1. The fourth-order valence-corrected chi connectivity index (χ4v) is 7.44. The minimum Gasteiger partial charge on any atom is -0.352 e. The third-order valence-corrected chi connectivity index (χ3v) is 9.47. The SMILES string of the molecule is CC(C)NC(=O)[C@@H](Cc1ccccc1)N(Cc1cccc(Cl)c1)C(=O)CCCN1c2cccc3cccc(c23)S1(=O)=O. The summed E-state index contributed by atoms with van der Waals surface area (Å²) < 4.78 is 28.2. The van der Waals surface area contributed by atoms with E-state index in [2.05, 4.69) is 5.32 Å². The summed E-state index contributed by atoms with van der Waals surface area (Å²) in [5.41, 5.74) is 2.36. The van der Waals surface area contributed by atoms with E-state index in [1.54, 1.807) is 35.2 Å². The molecule has 42 heavy (non-hydrogen) atoms. The highest BCUT2D eigenvalue weighted by Crippen LogP contribution is 2.42. The van der Waals surface area contributed by atoms with Gasteiger partial charge in [-0.25, -0.2) is 8.42 Å². The molecule has 218 valence electrons. The van der Waals surface area contributed by atoms with Gasteiger partial charge in [-0.1, -0.05) is 78.3 Å². The second-order valence-corrected chi connectivity index (χ2v) is 13.1. The van der Waals surface area contributed by atoms with Crippen molar-refractivity contribution in [3.05, 3.63) is 107 Å². The maximum absolute atomic E-state index is 13.9. The van der Waals surface area contributed by atoms with Crippen LogP contribution in [-0.4, -0.2) is 43.8 Å². The fraction of sp³-hybridized carbons (Fsp3) is 0.273. The number of hydrogen-bond acceptors (Lipinski definition) is 4. The number of sulfonamides is 1. The topological polar surface area (TPSA) is 86.8 Å². The Kier molecular flexibility index (Phi) is 8.85. The first kappa shape index (κ1) is 29.6. The molecule has 9 heteroatoms. The van der Waals surface area contributed by atoms with Crippen LogP contribution in [0, 0.1) is 0 Å². The van der Waals surface area contributed by atoms with Crippen molar-refractivity contribution >= 4 is 49.9 Å². The van der Waals surface area contributed by atoms with Gasteiger partial charge in [0.2, 0.25) is 11.8 Å². The van der Waals surface area contributed by atoms with E-state index < -0.39 is 16.1 Å². The molecule has 1 heterocycles. The summed E-state index contributed by atoms with van der Waals surface area (Å²) >= 11 is 6.26. The largest absolute Gasteiger partial charge is 0.352 e. The Balaban J connectivity index is 1.40. The zero-order valence-corrected chi connectivity index (χ0v) is 25.2. The highest BCUT2D eigenvalue weighted by molar-refractivity contribution is 7.93. The normalized spacial score (nSPS) is 14.2. The molecule has 0 saturated heterocycles. The van der Waals surface area contributed by atoms with Crippen molar-refractivity contribution in [2.24, 2.45) is 0 Å². The van der Waals surface area contributed by atoms with Crippen LogP contribution in [0.1, 0.15) is 37.8 Å². The molecule has 1 aliphatic heterocycles. The van der Waals surface area contributed by atoms with Gasteiger partial charge in [0.15, 0.2) is 0 Å². The van der Waals surface area contributed by atoms with Gasteiger partial charge in [0.05, 0.1) is 10.6 Å². The predicted octanol–water partition coefficient (Wildman–Crippen LogP) is 5.95. The Morgan fingerprint density at radius 1 is 0.905 bits per heavy atom. The van der Waals surface area contributed by atoms with E-state index >= 15 is 0 Å². The fourth-order valence-electron chi connectivity index (χ4n) is 5.48. The molecule has 0 aliphatic carbocycles. The zero-order valence-electron chi connectivity index (χ0n) is 23.7. The summed E-state index contributed by atoms with van der Waals surface area (Å²) in [6.45, 7) is 4.11. The molecule has 7 nitrogen and oxygen atoms in total. The van der Waals surface area contributed by atoms with Crippen LogP contribution in [0.5, 0.6) is 0 Å². The number of carbonyl (C=O) groups excluding carboxylic acids is 2. The highest BCUT2D eigenvalue weighted by atomic mass is 35.5. The van der Waals surface area contributed by atoms with Crippen LogP contribution in [0.4, 0.5) is 5.69 Å². The van der Waals surface area contributed by atoms with Crippen LogP contribution in [0.25, 0.3) is 10.8 Å². The average molecular weight is 604 g/mol. The van der Waals surface area contributed by atoms with E-state index in [0.29, 0.717) is 28.9 Å². The zero-order chi connectivity index (χ0) is 29.9. The highest BCUT2D eigenvalue weighted by Gasteiger charge is 2.36. The Hall–Kier alpha value is -3.88. The van der Waals surface area contributed by atoms with Crippen LogP contribution in [0.2, 0.25) is 5.02 Å². The molecular formula is C33H34ClN3O4S. The molecule has 0 fully saturated rings. The summed E-state index contributed by atoms with van der Waals surface area (Å²) in [6, 6.07) is 26.8. The van der Waals surface area contributed by atoms with E-state index in [1.807, 2.05) is 74.5 Å². The van der Waals surface area contributed by atoms with Gasteiger partial charge < -0.3 is 10.2 Å². The molecule has 0 aromatic heterocycles. The number of rotatable bonds is 11. The molecule has 0 unspecified atom stereocenters. The average Bonchev–Trinajstić information content (AvgIpc) is 3.18. The Bertz CT molecular complexity index is 1700. The van der Waals surface area contributed by atoms with E-state index in [-0.39, 0.29) is 42.3 Å². The number of nitrogens with zero attached hydrogens (tertiary/aromatic N) is 2. The summed E-state index contributed by atoms with van der Waals surface area (Å²) in [4.78, 5) is 29.4. The van der Waals surface area contributed by atoms with Crippen LogP contribution in [-0.2, 0) is 32.6 Å². The lowest BCUT2D eigenvalue weighted by Gasteiger charge is -2.32. The lowest BCUT2D eigenvalue weighted by molar-refractivity contribution is -0.141. The Morgan fingerprint density at radius 3 is 2.31 bits per heavy atom. The van der Waals surface area contributed by atoms with Crippen LogP contribution >= 0.6 is 11.6 Å². The maximum Gasteiger partial charge on any atom is 0.265 e. The van der Waals surface area contributed by atoms with E-state index in [9.17, 15) is 18.0 Å². The van der Waals surface area contributed by atoms with Gasteiger partial charge in [-0.3, -0.25) is 13.9 Å². The monoisotopic (exact) mass is 603 g/mol. The van der Waals surface area contributed by atoms with Crippen molar-refractivity contribution in [1.29, 1.82) is 0 Å². The number of benzene rings is 4. The second kappa shape index (κ2) is 12.5. The first-order valence-electron chi connectivity index (χ1n) is 14.1. The van der Waals surface area contributed by atoms with Crippen LogP contribution in [0.3, 0.4) is 0 Å².